The van der Waals surface area contributed by atoms with Crippen LogP contribution in [0.2, 0.25) is 0 Å². The molecule has 2 atom stereocenters. The first-order valence-electron chi connectivity index (χ1n) is 11.5. The van der Waals surface area contributed by atoms with Gasteiger partial charge in [0.05, 0.1) is 23.2 Å². The van der Waals surface area contributed by atoms with Crippen molar-refractivity contribution in [3.05, 3.63) is 124 Å². The number of para-hydroxylation sites is 1. The van der Waals surface area contributed by atoms with Gasteiger partial charge in [-0.3, -0.25) is 9.69 Å². The SMILES string of the molecule is N#CC1=C2N=C(N)c3ccccc3N2C2=C(C(=O)C[C@H](c3ccccc3)C2)[C@H]1c1ccccc1F. The quantitative estimate of drug-likeness (QED) is 0.564. The van der Waals surface area contributed by atoms with Crippen molar-refractivity contribution < 1.29 is 9.18 Å². The van der Waals surface area contributed by atoms with Crippen LogP contribution in [0.5, 0.6) is 0 Å². The number of allylic oxidation sites excluding steroid dienone is 3. The Morgan fingerprint density at radius 3 is 2.46 bits per heavy atom. The van der Waals surface area contributed by atoms with E-state index in [1.807, 2.05) is 59.5 Å². The maximum Gasteiger partial charge on any atom is 0.162 e. The lowest BCUT2D eigenvalue weighted by Gasteiger charge is -2.43. The Labute approximate surface area is 202 Å². The molecule has 3 aromatic rings. The monoisotopic (exact) mass is 460 g/mol. The number of carbonyl (C=O) groups is 1. The number of benzene rings is 3. The normalized spacial score (nSPS) is 21.1. The second kappa shape index (κ2) is 8.07. The highest BCUT2D eigenvalue weighted by Crippen LogP contribution is 2.52. The molecule has 0 bridgehead atoms. The third-order valence-electron chi connectivity index (χ3n) is 7.04. The maximum absolute atomic E-state index is 15.1. The molecule has 0 aromatic heterocycles. The van der Waals surface area contributed by atoms with Crippen LogP contribution in [0.4, 0.5) is 10.1 Å². The van der Waals surface area contributed by atoms with Crippen molar-refractivity contribution in [3.63, 3.8) is 0 Å². The van der Waals surface area contributed by atoms with Gasteiger partial charge in [0.1, 0.15) is 11.7 Å². The van der Waals surface area contributed by atoms with Crippen LogP contribution < -0.4 is 10.6 Å². The molecule has 0 unspecified atom stereocenters. The molecule has 170 valence electrons. The van der Waals surface area contributed by atoms with Crippen LogP contribution in [0, 0.1) is 17.1 Å². The van der Waals surface area contributed by atoms with Crippen LogP contribution in [0.15, 0.2) is 107 Å². The van der Waals surface area contributed by atoms with Gasteiger partial charge in [-0.1, -0.05) is 60.7 Å². The summed E-state index contributed by atoms with van der Waals surface area (Å²) in [4.78, 5) is 20.3. The lowest BCUT2D eigenvalue weighted by Crippen LogP contribution is -2.40. The molecule has 1 aliphatic carbocycles. The van der Waals surface area contributed by atoms with Gasteiger partial charge in [0.15, 0.2) is 11.6 Å². The zero-order chi connectivity index (χ0) is 24.1. The third kappa shape index (κ3) is 3.20. The van der Waals surface area contributed by atoms with Crippen molar-refractivity contribution >= 4 is 17.3 Å². The summed E-state index contributed by atoms with van der Waals surface area (Å²) in [6.45, 7) is 0. The number of aliphatic imine (C=N–C) groups is 1. The first-order chi connectivity index (χ1) is 17.1. The molecule has 6 heteroatoms. The summed E-state index contributed by atoms with van der Waals surface area (Å²) in [6, 6.07) is 26.1. The Balaban J connectivity index is 1.64. The van der Waals surface area contributed by atoms with Gasteiger partial charge in [0.25, 0.3) is 0 Å². The number of nitrogens with two attached hydrogens (primary N) is 1. The number of nitriles is 1. The molecule has 3 aromatic carbocycles. The van der Waals surface area contributed by atoms with E-state index in [1.54, 1.807) is 18.2 Å². The Kier molecular flexibility index (Phi) is 4.85. The highest BCUT2D eigenvalue weighted by molar-refractivity contribution is 6.08. The number of Topliss-reactive ketones (excluding diaryl/α,β-unsaturated/α-hetero) is 1. The van der Waals surface area contributed by atoms with Gasteiger partial charge in [-0.2, -0.15) is 5.26 Å². The number of anilines is 1. The molecular formula is C29H21FN4O. The van der Waals surface area contributed by atoms with E-state index >= 15 is 4.39 Å². The van der Waals surface area contributed by atoms with Crippen LogP contribution in [0.25, 0.3) is 0 Å². The Hall–Kier alpha value is -4.50. The number of amidine groups is 1. The number of hydrogen-bond acceptors (Lipinski definition) is 5. The zero-order valence-corrected chi connectivity index (χ0v) is 18.8. The van der Waals surface area contributed by atoms with Gasteiger partial charge in [-0.15, -0.1) is 0 Å². The van der Waals surface area contributed by atoms with Gasteiger partial charge >= 0.3 is 0 Å². The number of halogens is 1. The Morgan fingerprint density at radius 2 is 1.69 bits per heavy atom. The molecule has 0 amide bonds. The number of fused-ring (bicyclic) bond motifs is 4. The van der Waals surface area contributed by atoms with Crippen LogP contribution >= 0.6 is 0 Å². The van der Waals surface area contributed by atoms with E-state index in [4.69, 9.17) is 5.73 Å². The average molecular weight is 461 g/mol. The lowest BCUT2D eigenvalue weighted by atomic mass is 9.71. The van der Waals surface area contributed by atoms with E-state index in [1.165, 1.54) is 6.07 Å². The summed E-state index contributed by atoms with van der Waals surface area (Å²) in [6.07, 6.45) is 0.852. The fourth-order valence-corrected chi connectivity index (χ4v) is 5.50. The van der Waals surface area contributed by atoms with E-state index in [0.29, 0.717) is 29.8 Å². The number of rotatable bonds is 2. The van der Waals surface area contributed by atoms with Crippen LogP contribution in [0.1, 0.15) is 41.4 Å². The number of carbonyl (C=O) groups excluding carboxylic acids is 1. The van der Waals surface area contributed by atoms with Crippen molar-refractivity contribution in [2.45, 2.75) is 24.7 Å². The number of ketones is 1. The molecule has 2 aliphatic heterocycles. The van der Waals surface area contributed by atoms with Gasteiger partial charge < -0.3 is 5.73 Å². The highest BCUT2D eigenvalue weighted by atomic mass is 19.1. The molecule has 0 spiro atoms. The number of hydrogen-bond donors (Lipinski definition) is 1. The fraction of sp³-hybridized carbons (Fsp3) is 0.138. The largest absolute Gasteiger partial charge is 0.383 e. The molecule has 0 fully saturated rings. The Bertz CT molecular complexity index is 1510. The minimum absolute atomic E-state index is 0.0379. The van der Waals surface area contributed by atoms with Crippen molar-refractivity contribution in [2.75, 3.05) is 4.90 Å². The second-order valence-electron chi connectivity index (χ2n) is 8.95. The van der Waals surface area contributed by atoms with Crippen molar-refractivity contribution in [1.29, 1.82) is 5.26 Å². The maximum atomic E-state index is 15.1. The third-order valence-corrected chi connectivity index (χ3v) is 7.04. The smallest absolute Gasteiger partial charge is 0.162 e. The van der Waals surface area contributed by atoms with E-state index in [0.717, 1.165) is 22.5 Å². The molecule has 0 saturated carbocycles. The lowest BCUT2D eigenvalue weighted by molar-refractivity contribution is -0.116. The molecule has 0 radical (unpaired) electrons. The molecule has 5 nitrogen and oxygen atoms in total. The molecule has 2 N–H and O–H groups in total. The van der Waals surface area contributed by atoms with Crippen molar-refractivity contribution in [1.82, 2.24) is 0 Å². The predicted octanol–water partition coefficient (Wildman–Crippen LogP) is 5.28. The average Bonchev–Trinajstić information content (AvgIpc) is 2.89. The predicted molar refractivity (Wildman–Crippen MR) is 132 cm³/mol. The Morgan fingerprint density at radius 1 is 0.971 bits per heavy atom. The summed E-state index contributed by atoms with van der Waals surface area (Å²) in [5, 5.41) is 10.3. The van der Waals surface area contributed by atoms with Crippen molar-refractivity contribution in [2.24, 2.45) is 10.7 Å². The van der Waals surface area contributed by atoms with Gasteiger partial charge in [-0.25, -0.2) is 9.38 Å². The molecule has 0 saturated heterocycles. The molecule has 3 aliphatic rings. The number of nitrogens with zero attached hydrogens (tertiary/aromatic N) is 3. The standard InChI is InChI=1S/C29H21FN4O/c30-22-12-6-4-10-19(22)26-21(16-31)29-33-28(32)20-11-5-7-13-23(20)34(29)24-14-18(15-25(35)27(24)26)17-8-2-1-3-9-17/h1-13,18,26H,14-15H2,(H2,32,33)/t18-,26+/m1/s1. The van der Waals surface area contributed by atoms with E-state index in [-0.39, 0.29) is 23.1 Å². The second-order valence-corrected chi connectivity index (χ2v) is 8.95. The summed E-state index contributed by atoms with van der Waals surface area (Å²) >= 11 is 0. The minimum atomic E-state index is -0.839. The van der Waals surface area contributed by atoms with Gasteiger partial charge in [0.2, 0.25) is 0 Å². The van der Waals surface area contributed by atoms with E-state index in [2.05, 4.69) is 11.1 Å². The summed E-state index contributed by atoms with van der Waals surface area (Å²) < 4.78 is 15.1. The first-order valence-corrected chi connectivity index (χ1v) is 11.5. The summed E-state index contributed by atoms with van der Waals surface area (Å²) in [5.41, 5.74) is 10.6. The van der Waals surface area contributed by atoms with E-state index < -0.39 is 11.7 Å². The van der Waals surface area contributed by atoms with Crippen LogP contribution in [0.3, 0.4) is 0 Å². The highest BCUT2D eigenvalue weighted by Gasteiger charge is 2.45. The van der Waals surface area contributed by atoms with Crippen molar-refractivity contribution in [3.8, 4) is 6.07 Å². The molecule has 6 rings (SSSR count). The minimum Gasteiger partial charge on any atom is -0.383 e. The van der Waals surface area contributed by atoms with Gasteiger partial charge in [0, 0.05) is 28.8 Å². The molecular weight excluding hydrogens is 439 g/mol. The van der Waals surface area contributed by atoms with E-state index in [9.17, 15) is 10.1 Å². The molecule has 35 heavy (non-hydrogen) atoms. The molecule has 2 heterocycles. The van der Waals surface area contributed by atoms with Gasteiger partial charge in [-0.05, 0) is 36.1 Å². The first kappa shape index (κ1) is 21.1. The zero-order valence-electron chi connectivity index (χ0n) is 18.8. The summed E-state index contributed by atoms with van der Waals surface area (Å²) in [7, 11) is 0. The topological polar surface area (TPSA) is 82.5 Å². The summed E-state index contributed by atoms with van der Waals surface area (Å²) in [5.74, 6) is -0.773. The fourth-order valence-electron chi connectivity index (χ4n) is 5.50. The van der Waals surface area contributed by atoms with Crippen LogP contribution in [-0.4, -0.2) is 11.6 Å². The van der Waals surface area contributed by atoms with Crippen LogP contribution in [-0.2, 0) is 4.79 Å².